The monoisotopic (exact) mass is 275 g/mol. The van der Waals surface area contributed by atoms with Crippen LogP contribution in [0.5, 0.6) is 0 Å². The van der Waals surface area contributed by atoms with E-state index in [4.69, 9.17) is 23.2 Å². The van der Waals surface area contributed by atoms with Gasteiger partial charge in [-0.15, -0.1) is 0 Å². The van der Waals surface area contributed by atoms with Gasteiger partial charge in [0.15, 0.2) is 5.82 Å². The molecule has 1 aromatic rings. The predicted molar refractivity (Wildman–Crippen MR) is 71.5 cm³/mol. The smallest absolute Gasteiger partial charge is 0.160 e. The Morgan fingerprint density at radius 3 is 2.35 bits per heavy atom. The molecular weight excluding hydrogens is 260 g/mol. The van der Waals surface area contributed by atoms with Gasteiger partial charge in [-0.25, -0.2) is 4.39 Å². The quantitative estimate of drug-likeness (QED) is 0.739. The summed E-state index contributed by atoms with van der Waals surface area (Å²) >= 11 is 11.5. The Balaban J connectivity index is 2.10. The van der Waals surface area contributed by atoms with E-state index in [9.17, 15) is 4.39 Å². The average Bonchev–Trinajstić information content (AvgIpc) is 2.54. The average molecular weight is 276 g/mol. The Morgan fingerprint density at radius 1 is 1.29 bits per heavy atom. The molecule has 0 heterocycles. The maximum absolute atomic E-state index is 13.3. The lowest BCUT2D eigenvalue weighted by Crippen LogP contribution is -2.17. The van der Waals surface area contributed by atoms with Crippen LogP contribution in [0, 0.1) is 11.2 Å². The number of halogens is 3. The van der Waals surface area contributed by atoms with Gasteiger partial charge in [-0.05, 0) is 36.8 Å². The second-order valence-electron chi connectivity index (χ2n) is 5.50. The fraction of sp³-hybridized carbons (Fsp3) is 0.538. The molecule has 1 aliphatic rings. The lowest BCUT2D eigenvalue weighted by atomic mass is 9.92. The topological polar surface area (TPSA) is 12.0 Å². The first-order valence-electron chi connectivity index (χ1n) is 5.78. The highest BCUT2D eigenvalue weighted by molar-refractivity contribution is 6.35. The van der Waals surface area contributed by atoms with E-state index in [1.807, 2.05) is 0 Å². The molecule has 1 fully saturated rings. The van der Waals surface area contributed by atoms with E-state index in [0.717, 1.165) is 18.5 Å². The normalized spacial score (nSPS) is 22.8. The molecule has 1 N–H and O–H groups in total. The van der Waals surface area contributed by atoms with Crippen LogP contribution in [0.1, 0.15) is 33.1 Å². The van der Waals surface area contributed by atoms with Gasteiger partial charge in [-0.1, -0.05) is 37.0 Å². The van der Waals surface area contributed by atoms with E-state index in [2.05, 4.69) is 19.2 Å². The number of benzene rings is 1. The molecule has 1 aromatic carbocycles. The first-order chi connectivity index (χ1) is 7.87. The van der Waals surface area contributed by atoms with Crippen molar-refractivity contribution in [3.63, 3.8) is 0 Å². The van der Waals surface area contributed by atoms with Crippen LogP contribution in [0.25, 0.3) is 0 Å². The maximum atomic E-state index is 13.3. The predicted octanol–water partition coefficient (Wildman–Crippen LogP) is 5.12. The van der Waals surface area contributed by atoms with Crippen LogP contribution in [0.4, 0.5) is 10.1 Å². The molecule has 2 rings (SSSR count). The SMILES string of the molecule is CC1(C)CCC(Nc2cc(Cl)c(F)c(Cl)c2)C1. The Bertz CT molecular complexity index is 408. The molecular formula is C13H16Cl2FN. The molecule has 1 unspecified atom stereocenters. The molecule has 0 radical (unpaired) electrons. The van der Waals surface area contributed by atoms with E-state index < -0.39 is 5.82 Å². The molecule has 4 heteroatoms. The van der Waals surface area contributed by atoms with Gasteiger partial charge in [-0.2, -0.15) is 0 Å². The minimum atomic E-state index is -0.550. The lowest BCUT2D eigenvalue weighted by molar-refractivity contribution is 0.378. The Labute approximate surface area is 111 Å². The van der Waals surface area contributed by atoms with Crippen LogP contribution < -0.4 is 5.32 Å². The van der Waals surface area contributed by atoms with Gasteiger partial charge < -0.3 is 5.32 Å². The van der Waals surface area contributed by atoms with Crippen molar-refractivity contribution in [2.75, 3.05) is 5.32 Å². The summed E-state index contributed by atoms with van der Waals surface area (Å²) in [7, 11) is 0. The zero-order chi connectivity index (χ0) is 12.6. The fourth-order valence-corrected chi connectivity index (χ4v) is 2.92. The number of rotatable bonds is 2. The van der Waals surface area contributed by atoms with Crippen molar-refractivity contribution in [1.82, 2.24) is 0 Å². The number of anilines is 1. The molecule has 94 valence electrons. The van der Waals surface area contributed by atoms with Crippen LogP contribution in [-0.4, -0.2) is 6.04 Å². The summed E-state index contributed by atoms with van der Waals surface area (Å²) in [6.07, 6.45) is 3.44. The molecule has 17 heavy (non-hydrogen) atoms. The summed E-state index contributed by atoms with van der Waals surface area (Å²) in [4.78, 5) is 0. The summed E-state index contributed by atoms with van der Waals surface area (Å²) in [6.45, 7) is 4.53. The lowest BCUT2D eigenvalue weighted by Gasteiger charge is -2.19. The van der Waals surface area contributed by atoms with Crippen molar-refractivity contribution in [3.05, 3.63) is 28.0 Å². The minimum absolute atomic E-state index is 0.0669. The maximum Gasteiger partial charge on any atom is 0.160 e. The van der Waals surface area contributed by atoms with Gasteiger partial charge in [0.25, 0.3) is 0 Å². The van der Waals surface area contributed by atoms with Crippen molar-refractivity contribution in [1.29, 1.82) is 0 Å². The molecule has 0 aromatic heterocycles. The summed E-state index contributed by atoms with van der Waals surface area (Å²) in [5.41, 5.74) is 1.18. The third-order valence-electron chi connectivity index (χ3n) is 3.32. The van der Waals surface area contributed by atoms with Crippen LogP contribution in [-0.2, 0) is 0 Å². The first-order valence-corrected chi connectivity index (χ1v) is 6.54. The molecule has 1 aliphatic carbocycles. The highest BCUT2D eigenvalue weighted by Gasteiger charge is 2.30. The Kier molecular flexibility index (Phi) is 3.55. The molecule has 0 bridgehead atoms. The van der Waals surface area contributed by atoms with E-state index >= 15 is 0 Å². The van der Waals surface area contributed by atoms with E-state index in [1.54, 1.807) is 12.1 Å². The van der Waals surface area contributed by atoms with Crippen LogP contribution in [0.15, 0.2) is 12.1 Å². The van der Waals surface area contributed by atoms with E-state index in [-0.39, 0.29) is 10.0 Å². The first kappa shape index (κ1) is 13.0. The molecule has 0 amide bonds. The van der Waals surface area contributed by atoms with Crippen molar-refractivity contribution < 1.29 is 4.39 Å². The third kappa shape index (κ3) is 3.05. The van der Waals surface area contributed by atoms with Gasteiger partial charge >= 0.3 is 0 Å². The fourth-order valence-electron chi connectivity index (χ4n) is 2.43. The van der Waals surface area contributed by atoms with Crippen LogP contribution >= 0.6 is 23.2 Å². The minimum Gasteiger partial charge on any atom is -0.382 e. The molecule has 0 saturated heterocycles. The van der Waals surface area contributed by atoms with E-state index in [0.29, 0.717) is 11.5 Å². The molecule has 1 saturated carbocycles. The van der Waals surface area contributed by atoms with Gasteiger partial charge in [-0.3, -0.25) is 0 Å². The molecule has 1 nitrogen and oxygen atoms in total. The molecule has 1 atom stereocenters. The van der Waals surface area contributed by atoms with Crippen molar-refractivity contribution >= 4 is 28.9 Å². The zero-order valence-corrected chi connectivity index (χ0v) is 11.5. The van der Waals surface area contributed by atoms with Gasteiger partial charge in [0.05, 0.1) is 10.0 Å². The van der Waals surface area contributed by atoms with E-state index in [1.165, 1.54) is 6.42 Å². The molecule has 0 aliphatic heterocycles. The standard InChI is InChI=1S/C13H16Cl2FN/c1-13(2)4-3-8(7-13)17-9-5-10(14)12(16)11(15)6-9/h5-6,8,17H,3-4,7H2,1-2H3. The van der Waals surface area contributed by atoms with Gasteiger partial charge in [0.1, 0.15) is 0 Å². The largest absolute Gasteiger partial charge is 0.382 e. The summed E-state index contributed by atoms with van der Waals surface area (Å²) in [5.74, 6) is -0.550. The summed E-state index contributed by atoms with van der Waals surface area (Å²) < 4.78 is 13.3. The van der Waals surface area contributed by atoms with Crippen LogP contribution in [0.2, 0.25) is 10.0 Å². The highest BCUT2D eigenvalue weighted by Crippen LogP contribution is 2.39. The summed E-state index contributed by atoms with van der Waals surface area (Å²) in [6, 6.07) is 3.60. The second-order valence-corrected chi connectivity index (χ2v) is 6.32. The zero-order valence-electron chi connectivity index (χ0n) is 9.99. The van der Waals surface area contributed by atoms with Crippen molar-refractivity contribution in [2.24, 2.45) is 5.41 Å². The Morgan fingerprint density at radius 2 is 1.88 bits per heavy atom. The number of nitrogens with one attached hydrogen (secondary N) is 1. The van der Waals surface area contributed by atoms with Crippen molar-refractivity contribution in [3.8, 4) is 0 Å². The number of hydrogen-bond donors (Lipinski definition) is 1. The second kappa shape index (κ2) is 4.66. The summed E-state index contributed by atoms with van der Waals surface area (Å²) in [5, 5.41) is 3.50. The van der Waals surface area contributed by atoms with Gasteiger partial charge in [0, 0.05) is 11.7 Å². The Hall–Kier alpha value is -0.470. The van der Waals surface area contributed by atoms with Gasteiger partial charge in [0.2, 0.25) is 0 Å². The molecule has 0 spiro atoms. The van der Waals surface area contributed by atoms with Crippen LogP contribution in [0.3, 0.4) is 0 Å². The number of hydrogen-bond acceptors (Lipinski definition) is 1. The van der Waals surface area contributed by atoms with Crippen molar-refractivity contribution in [2.45, 2.75) is 39.2 Å². The third-order valence-corrected chi connectivity index (χ3v) is 3.87. The highest BCUT2D eigenvalue weighted by atomic mass is 35.5.